The topological polar surface area (TPSA) is 105 Å². The highest BCUT2D eigenvalue weighted by Crippen LogP contribution is 2.24. The van der Waals surface area contributed by atoms with Crippen molar-refractivity contribution in [3.8, 4) is 11.5 Å². The zero-order chi connectivity index (χ0) is 30.0. The Bertz CT molecular complexity index is 1260. The molecule has 2 N–H and O–H groups in total. The Morgan fingerprint density at radius 3 is 1.21 bits per heavy atom. The Morgan fingerprint density at radius 1 is 0.372 bits per heavy atom. The molecular weight excluding hydrogens is 552 g/mol. The third-order valence-corrected chi connectivity index (χ3v) is 6.50. The van der Waals surface area contributed by atoms with Crippen molar-refractivity contribution in [1.82, 2.24) is 0 Å². The fraction of sp³-hybridized carbons (Fsp3) is 0.412. The third-order valence-electron chi connectivity index (χ3n) is 6.50. The number of hydrogen-bond donors (Lipinski definition) is 2. The first-order valence-electron chi connectivity index (χ1n) is 14.7. The van der Waals surface area contributed by atoms with Gasteiger partial charge >= 0.3 is 0 Å². The molecule has 0 aliphatic carbocycles. The van der Waals surface area contributed by atoms with E-state index in [2.05, 4.69) is 24.3 Å². The molecule has 232 valence electrons. The molecule has 0 amide bonds. The van der Waals surface area contributed by atoms with Gasteiger partial charge in [0.15, 0.2) is 0 Å². The third kappa shape index (κ3) is 11.7. The number of benzene rings is 4. The summed E-state index contributed by atoms with van der Waals surface area (Å²) in [6.45, 7) is 5.52. The summed E-state index contributed by atoms with van der Waals surface area (Å²) in [6.07, 6.45) is 0. The molecule has 0 aliphatic heterocycles. The Kier molecular flexibility index (Phi) is 14.5. The van der Waals surface area contributed by atoms with Crippen molar-refractivity contribution >= 4 is 21.5 Å². The highest BCUT2D eigenvalue weighted by Gasteiger charge is 2.03. The highest BCUT2D eigenvalue weighted by molar-refractivity contribution is 5.85. The molecule has 9 nitrogen and oxygen atoms in total. The van der Waals surface area contributed by atoms with E-state index in [1.54, 1.807) is 0 Å². The van der Waals surface area contributed by atoms with Gasteiger partial charge in [0.1, 0.15) is 24.7 Å². The van der Waals surface area contributed by atoms with Gasteiger partial charge in [-0.05, 0) is 69.1 Å². The Hall–Kier alpha value is -3.28. The molecular formula is C34H42O9. The lowest BCUT2D eigenvalue weighted by Crippen LogP contribution is -2.12. The lowest BCUT2D eigenvalue weighted by atomic mass is 10.1. The van der Waals surface area contributed by atoms with Crippen molar-refractivity contribution in [2.45, 2.75) is 13.2 Å². The number of ether oxygens (including phenoxy) is 7. The van der Waals surface area contributed by atoms with Crippen molar-refractivity contribution in [3.05, 3.63) is 83.9 Å². The number of hydrogen-bond acceptors (Lipinski definition) is 9. The normalized spacial score (nSPS) is 11.4. The van der Waals surface area contributed by atoms with Crippen molar-refractivity contribution in [2.75, 3.05) is 79.3 Å². The lowest BCUT2D eigenvalue weighted by Gasteiger charge is -2.11. The summed E-state index contributed by atoms with van der Waals surface area (Å²) in [4.78, 5) is 0. The SMILES string of the molecule is OCCOCCOCc1ccc2cc(OCCOCCOc3ccc4cc(COCCOCCO)ccc4c3)ccc2c1. The maximum absolute atomic E-state index is 8.72. The Labute approximate surface area is 252 Å². The summed E-state index contributed by atoms with van der Waals surface area (Å²) >= 11 is 0. The second-order valence-electron chi connectivity index (χ2n) is 9.77. The number of aliphatic hydroxyl groups is 2. The minimum absolute atomic E-state index is 0.0248. The fourth-order valence-electron chi connectivity index (χ4n) is 4.39. The van der Waals surface area contributed by atoms with Crippen LogP contribution in [0.3, 0.4) is 0 Å². The van der Waals surface area contributed by atoms with Crippen LogP contribution in [0.25, 0.3) is 21.5 Å². The number of aliphatic hydroxyl groups excluding tert-OH is 2. The van der Waals surface area contributed by atoms with E-state index < -0.39 is 0 Å². The molecule has 0 spiro atoms. The van der Waals surface area contributed by atoms with Crippen LogP contribution >= 0.6 is 0 Å². The summed E-state index contributed by atoms with van der Waals surface area (Å²) in [5, 5.41) is 21.9. The molecule has 0 unspecified atom stereocenters. The van der Waals surface area contributed by atoms with Crippen molar-refractivity contribution in [2.24, 2.45) is 0 Å². The molecule has 4 rings (SSSR count). The van der Waals surface area contributed by atoms with E-state index in [1.807, 2.05) is 48.5 Å². The van der Waals surface area contributed by atoms with Crippen molar-refractivity contribution in [1.29, 1.82) is 0 Å². The van der Waals surface area contributed by atoms with Gasteiger partial charge in [-0.25, -0.2) is 0 Å². The van der Waals surface area contributed by atoms with Crippen LogP contribution in [-0.2, 0) is 36.9 Å². The molecule has 0 saturated carbocycles. The molecule has 0 saturated heterocycles. The van der Waals surface area contributed by atoms with E-state index >= 15 is 0 Å². The van der Waals surface area contributed by atoms with E-state index in [9.17, 15) is 0 Å². The number of rotatable bonds is 22. The second-order valence-corrected chi connectivity index (χ2v) is 9.77. The van der Waals surface area contributed by atoms with Crippen LogP contribution in [0, 0.1) is 0 Å². The van der Waals surface area contributed by atoms with E-state index in [0.29, 0.717) is 79.3 Å². The maximum atomic E-state index is 8.72. The molecule has 0 aromatic heterocycles. The first kappa shape index (κ1) is 32.6. The van der Waals surface area contributed by atoms with Crippen LogP contribution < -0.4 is 9.47 Å². The highest BCUT2D eigenvalue weighted by atomic mass is 16.5. The molecule has 4 aromatic carbocycles. The maximum Gasteiger partial charge on any atom is 0.120 e. The second kappa shape index (κ2) is 19.1. The van der Waals surface area contributed by atoms with Crippen LogP contribution in [0.15, 0.2) is 72.8 Å². The van der Waals surface area contributed by atoms with Gasteiger partial charge in [0.25, 0.3) is 0 Å². The van der Waals surface area contributed by atoms with Gasteiger partial charge in [0, 0.05) is 0 Å². The predicted octanol–water partition coefficient (Wildman–Crippen LogP) is 4.52. The van der Waals surface area contributed by atoms with Gasteiger partial charge in [-0.15, -0.1) is 0 Å². The molecule has 4 aromatic rings. The van der Waals surface area contributed by atoms with Crippen LogP contribution in [0.2, 0.25) is 0 Å². The summed E-state index contributed by atoms with van der Waals surface area (Å²) in [6, 6.07) is 24.5. The quantitative estimate of drug-likeness (QED) is 0.127. The van der Waals surface area contributed by atoms with Gasteiger partial charge in [0.2, 0.25) is 0 Å². The average Bonchev–Trinajstić information content (AvgIpc) is 3.03. The standard InChI is InChI=1S/C34H42O9/c35-9-11-37-13-15-40-25-27-1-3-31-23-33(7-5-29(31)21-27)42-19-17-39-18-20-43-34-8-6-30-22-28(2-4-32(30)24-34)26-41-16-14-38-12-10-36/h1-8,21-24,35-36H,9-20,25-26H2. The lowest BCUT2D eigenvalue weighted by molar-refractivity contribution is 0.0274. The van der Waals surface area contributed by atoms with Crippen LogP contribution in [0.1, 0.15) is 11.1 Å². The van der Waals surface area contributed by atoms with Gasteiger partial charge in [-0.3, -0.25) is 0 Å². The minimum Gasteiger partial charge on any atom is -0.491 e. The van der Waals surface area contributed by atoms with E-state index in [-0.39, 0.29) is 13.2 Å². The van der Waals surface area contributed by atoms with Crippen molar-refractivity contribution in [3.63, 3.8) is 0 Å². The molecule has 0 atom stereocenters. The summed E-state index contributed by atoms with van der Waals surface area (Å²) < 4.78 is 39.1. The molecule has 0 bridgehead atoms. The van der Waals surface area contributed by atoms with E-state index in [0.717, 1.165) is 44.2 Å². The Morgan fingerprint density at radius 2 is 0.744 bits per heavy atom. The van der Waals surface area contributed by atoms with Gasteiger partial charge in [0.05, 0.1) is 79.3 Å². The molecule has 43 heavy (non-hydrogen) atoms. The van der Waals surface area contributed by atoms with Crippen molar-refractivity contribution < 1.29 is 43.4 Å². The largest absolute Gasteiger partial charge is 0.491 e. The molecule has 0 radical (unpaired) electrons. The van der Waals surface area contributed by atoms with Crippen LogP contribution in [0.4, 0.5) is 0 Å². The first-order chi connectivity index (χ1) is 21.2. The summed E-state index contributed by atoms with van der Waals surface area (Å²) in [5.74, 6) is 1.60. The molecule has 0 fully saturated rings. The van der Waals surface area contributed by atoms with E-state index in [4.69, 9.17) is 43.4 Å². The van der Waals surface area contributed by atoms with Crippen LogP contribution in [0.5, 0.6) is 11.5 Å². The summed E-state index contributed by atoms with van der Waals surface area (Å²) in [7, 11) is 0. The fourth-order valence-corrected chi connectivity index (χ4v) is 4.39. The minimum atomic E-state index is 0.0248. The van der Waals surface area contributed by atoms with Gasteiger partial charge in [-0.1, -0.05) is 36.4 Å². The smallest absolute Gasteiger partial charge is 0.120 e. The van der Waals surface area contributed by atoms with E-state index in [1.165, 1.54) is 0 Å². The number of fused-ring (bicyclic) bond motifs is 2. The molecule has 0 heterocycles. The van der Waals surface area contributed by atoms with Gasteiger partial charge < -0.3 is 43.4 Å². The zero-order valence-electron chi connectivity index (χ0n) is 24.6. The first-order valence-corrected chi connectivity index (χ1v) is 14.7. The summed E-state index contributed by atoms with van der Waals surface area (Å²) in [5.41, 5.74) is 2.19. The zero-order valence-corrected chi connectivity index (χ0v) is 24.6. The Balaban J connectivity index is 1.09. The van der Waals surface area contributed by atoms with Gasteiger partial charge in [-0.2, -0.15) is 0 Å². The molecule has 9 heteroatoms. The molecule has 0 aliphatic rings. The monoisotopic (exact) mass is 594 g/mol. The van der Waals surface area contributed by atoms with Crippen LogP contribution in [-0.4, -0.2) is 89.5 Å². The average molecular weight is 595 g/mol. The predicted molar refractivity (Wildman–Crippen MR) is 165 cm³/mol.